The molecule has 2 rings (SSSR count). The van der Waals surface area contributed by atoms with Crippen molar-refractivity contribution in [2.75, 3.05) is 7.11 Å². The van der Waals surface area contributed by atoms with Gasteiger partial charge in [-0.05, 0) is 37.8 Å². The molecule has 0 aliphatic carbocycles. The van der Waals surface area contributed by atoms with Gasteiger partial charge in [-0.2, -0.15) is 15.4 Å². The van der Waals surface area contributed by atoms with E-state index in [1.54, 1.807) is 13.3 Å². The molecule has 17 heavy (non-hydrogen) atoms. The van der Waals surface area contributed by atoms with Crippen molar-refractivity contribution in [1.29, 1.82) is 0 Å². The lowest BCUT2D eigenvalue weighted by atomic mass is 10.0. The number of ether oxygens (including phenoxy) is 1. The highest BCUT2D eigenvalue weighted by atomic mass is 16.5. The van der Waals surface area contributed by atoms with Crippen molar-refractivity contribution in [1.82, 2.24) is 15.4 Å². The number of nitrogens with zero attached hydrogens (tertiary/aromatic N) is 2. The molecule has 4 nitrogen and oxygen atoms in total. The van der Waals surface area contributed by atoms with Gasteiger partial charge in [0.05, 0.1) is 19.0 Å². The molecule has 0 spiro atoms. The van der Waals surface area contributed by atoms with E-state index in [0.717, 1.165) is 24.3 Å². The summed E-state index contributed by atoms with van der Waals surface area (Å²) in [6, 6.07) is 4.31. The van der Waals surface area contributed by atoms with Gasteiger partial charge in [0.15, 0.2) is 0 Å². The van der Waals surface area contributed by atoms with Gasteiger partial charge in [-0.1, -0.05) is 17.7 Å². The summed E-state index contributed by atoms with van der Waals surface area (Å²) in [6.07, 6.45) is 3.54. The van der Waals surface area contributed by atoms with Crippen molar-refractivity contribution in [3.63, 3.8) is 0 Å². The number of aromatic amines is 1. The average molecular weight is 231 g/mol. The van der Waals surface area contributed by atoms with Crippen molar-refractivity contribution in [3.05, 3.63) is 40.7 Å². The Hall–Kier alpha value is -1.84. The van der Waals surface area contributed by atoms with Gasteiger partial charge in [0, 0.05) is 0 Å². The Morgan fingerprint density at radius 1 is 1.24 bits per heavy atom. The van der Waals surface area contributed by atoms with Crippen LogP contribution in [0.2, 0.25) is 0 Å². The maximum absolute atomic E-state index is 5.46. The van der Waals surface area contributed by atoms with Crippen LogP contribution in [0.4, 0.5) is 0 Å². The van der Waals surface area contributed by atoms with Crippen molar-refractivity contribution in [2.24, 2.45) is 0 Å². The van der Waals surface area contributed by atoms with Gasteiger partial charge < -0.3 is 4.74 Å². The molecule has 0 bridgehead atoms. The maximum Gasteiger partial charge on any atom is 0.124 e. The second-order valence-corrected chi connectivity index (χ2v) is 4.24. The number of H-pyrrole nitrogens is 1. The highest BCUT2D eigenvalue weighted by Crippen LogP contribution is 2.26. The van der Waals surface area contributed by atoms with E-state index in [4.69, 9.17) is 4.74 Å². The first kappa shape index (κ1) is 11.6. The van der Waals surface area contributed by atoms with Crippen LogP contribution >= 0.6 is 0 Å². The van der Waals surface area contributed by atoms with E-state index in [1.165, 1.54) is 16.7 Å². The zero-order valence-electron chi connectivity index (χ0n) is 10.4. The van der Waals surface area contributed by atoms with E-state index in [0.29, 0.717) is 0 Å². The lowest BCUT2D eigenvalue weighted by Gasteiger charge is -2.12. The number of aryl methyl sites for hydroxylation is 4. The highest BCUT2D eigenvalue weighted by Gasteiger charge is 2.08. The molecule has 1 aromatic heterocycles. The quantitative estimate of drug-likeness (QED) is 0.877. The number of methoxy groups -OCH3 is 1. The first-order valence-electron chi connectivity index (χ1n) is 5.69. The van der Waals surface area contributed by atoms with Gasteiger partial charge >= 0.3 is 0 Å². The Kier molecular flexibility index (Phi) is 3.42. The SMILES string of the molecule is COc1c(C)cc(C)cc1CCc1cn[nH]n1. The molecule has 0 atom stereocenters. The number of hydrogen-bond donors (Lipinski definition) is 1. The van der Waals surface area contributed by atoms with Gasteiger partial charge in [0.2, 0.25) is 0 Å². The molecule has 0 amide bonds. The van der Waals surface area contributed by atoms with Crippen LogP contribution in [0.25, 0.3) is 0 Å². The fraction of sp³-hybridized carbons (Fsp3) is 0.385. The van der Waals surface area contributed by atoms with E-state index in [9.17, 15) is 0 Å². The van der Waals surface area contributed by atoms with Gasteiger partial charge in [-0.15, -0.1) is 0 Å². The number of rotatable bonds is 4. The summed E-state index contributed by atoms with van der Waals surface area (Å²) < 4.78 is 5.46. The molecule has 0 unspecified atom stereocenters. The second-order valence-electron chi connectivity index (χ2n) is 4.24. The number of nitrogens with one attached hydrogen (secondary N) is 1. The van der Waals surface area contributed by atoms with Crippen molar-refractivity contribution >= 4 is 0 Å². The molecule has 0 saturated carbocycles. The van der Waals surface area contributed by atoms with Gasteiger partial charge in [0.1, 0.15) is 5.75 Å². The number of hydrogen-bond acceptors (Lipinski definition) is 3. The third-order valence-corrected chi connectivity index (χ3v) is 2.82. The van der Waals surface area contributed by atoms with Crippen LogP contribution in [0.15, 0.2) is 18.3 Å². The zero-order valence-corrected chi connectivity index (χ0v) is 10.4. The summed E-state index contributed by atoms with van der Waals surface area (Å²) in [6.45, 7) is 4.18. The van der Waals surface area contributed by atoms with E-state index < -0.39 is 0 Å². The minimum Gasteiger partial charge on any atom is -0.496 e. The minimum absolute atomic E-state index is 0.871. The summed E-state index contributed by atoms with van der Waals surface area (Å²) in [4.78, 5) is 0. The molecule has 1 N–H and O–H groups in total. The predicted octanol–water partition coefficient (Wildman–Crippen LogP) is 2.22. The van der Waals surface area contributed by atoms with Crippen molar-refractivity contribution in [2.45, 2.75) is 26.7 Å². The van der Waals surface area contributed by atoms with E-state index in [2.05, 4.69) is 41.4 Å². The molecule has 0 aliphatic rings. The third-order valence-electron chi connectivity index (χ3n) is 2.82. The summed E-state index contributed by atoms with van der Waals surface area (Å²) >= 11 is 0. The van der Waals surface area contributed by atoms with Crippen LogP contribution in [0, 0.1) is 13.8 Å². The fourth-order valence-corrected chi connectivity index (χ4v) is 2.13. The van der Waals surface area contributed by atoms with E-state index in [1.807, 2.05) is 0 Å². The van der Waals surface area contributed by atoms with Crippen LogP contribution in [-0.4, -0.2) is 22.5 Å². The van der Waals surface area contributed by atoms with Gasteiger partial charge in [-0.3, -0.25) is 0 Å². The monoisotopic (exact) mass is 231 g/mol. The predicted molar refractivity (Wildman–Crippen MR) is 66.3 cm³/mol. The largest absolute Gasteiger partial charge is 0.496 e. The van der Waals surface area contributed by atoms with E-state index >= 15 is 0 Å². The summed E-state index contributed by atoms with van der Waals surface area (Å²) in [5.74, 6) is 0.985. The Morgan fingerprint density at radius 2 is 2.06 bits per heavy atom. The van der Waals surface area contributed by atoms with Crippen LogP contribution < -0.4 is 4.74 Å². The van der Waals surface area contributed by atoms with Crippen molar-refractivity contribution in [3.8, 4) is 5.75 Å². The Labute approximate surface area is 101 Å². The Balaban J connectivity index is 2.19. The lowest BCUT2D eigenvalue weighted by molar-refractivity contribution is 0.406. The summed E-state index contributed by atoms with van der Waals surface area (Å²) in [5.41, 5.74) is 4.65. The van der Waals surface area contributed by atoms with Crippen LogP contribution in [0.5, 0.6) is 5.75 Å². The molecule has 0 fully saturated rings. The number of aromatic nitrogens is 3. The van der Waals surface area contributed by atoms with E-state index in [-0.39, 0.29) is 0 Å². The fourth-order valence-electron chi connectivity index (χ4n) is 2.13. The Bertz CT molecular complexity index is 492. The summed E-state index contributed by atoms with van der Waals surface area (Å²) in [7, 11) is 1.72. The smallest absolute Gasteiger partial charge is 0.124 e. The van der Waals surface area contributed by atoms with Crippen LogP contribution in [-0.2, 0) is 12.8 Å². The first-order valence-corrected chi connectivity index (χ1v) is 5.69. The lowest BCUT2D eigenvalue weighted by Crippen LogP contribution is -1.99. The summed E-state index contributed by atoms with van der Waals surface area (Å²) in [5, 5.41) is 10.5. The van der Waals surface area contributed by atoms with Crippen molar-refractivity contribution < 1.29 is 4.74 Å². The average Bonchev–Trinajstić information content (AvgIpc) is 2.78. The molecule has 1 heterocycles. The molecule has 1 aromatic carbocycles. The number of benzene rings is 1. The molecule has 0 radical (unpaired) electrons. The van der Waals surface area contributed by atoms with Crippen LogP contribution in [0.1, 0.15) is 22.4 Å². The molecule has 0 aliphatic heterocycles. The molecule has 2 aromatic rings. The molecular formula is C13H17N3O. The minimum atomic E-state index is 0.871. The van der Waals surface area contributed by atoms with Gasteiger partial charge in [-0.25, -0.2) is 0 Å². The highest BCUT2D eigenvalue weighted by molar-refractivity contribution is 5.44. The third kappa shape index (κ3) is 2.64. The second kappa shape index (κ2) is 4.99. The Morgan fingerprint density at radius 3 is 2.71 bits per heavy atom. The maximum atomic E-state index is 5.46. The normalized spacial score (nSPS) is 10.5. The standard InChI is InChI=1S/C13H17N3O/c1-9-6-10(2)13(17-3)11(7-9)4-5-12-8-14-16-15-12/h6-8H,4-5H2,1-3H3,(H,14,15,16). The molecule has 4 heteroatoms. The molecule has 0 saturated heterocycles. The molecular weight excluding hydrogens is 214 g/mol. The van der Waals surface area contributed by atoms with Gasteiger partial charge in [0.25, 0.3) is 0 Å². The zero-order chi connectivity index (χ0) is 12.3. The molecule has 90 valence electrons. The van der Waals surface area contributed by atoms with Crippen LogP contribution in [0.3, 0.4) is 0 Å². The topological polar surface area (TPSA) is 50.8 Å². The first-order chi connectivity index (χ1) is 8.20.